The minimum absolute atomic E-state index is 0.208. The van der Waals surface area contributed by atoms with Crippen LogP contribution in [0.2, 0.25) is 10.0 Å². The molecule has 7 nitrogen and oxygen atoms in total. The molecule has 0 fully saturated rings. The Balaban J connectivity index is 1.62. The highest BCUT2D eigenvalue weighted by Gasteiger charge is 2.33. The van der Waals surface area contributed by atoms with E-state index in [2.05, 4.69) is 11.6 Å². The van der Waals surface area contributed by atoms with Crippen LogP contribution in [0.5, 0.6) is 11.5 Å². The number of benzene rings is 3. The summed E-state index contributed by atoms with van der Waals surface area (Å²) < 4.78 is 19.7. The van der Waals surface area contributed by atoms with E-state index in [1.807, 2.05) is 62.4 Å². The number of nitrogens with zero attached hydrogens (tertiary/aromatic N) is 2. The van der Waals surface area contributed by atoms with E-state index in [1.165, 1.54) is 11.3 Å². The summed E-state index contributed by atoms with van der Waals surface area (Å²) in [5.74, 6) is 0.610. The first-order chi connectivity index (χ1) is 22.1. The van der Waals surface area contributed by atoms with Gasteiger partial charge in [-0.2, -0.15) is 0 Å². The van der Waals surface area contributed by atoms with Crippen molar-refractivity contribution in [3.05, 3.63) is 136 Å². The molecule has 0 radical (unpaired) electrons. The van der Waals surface area contributed by atoms with Gasteiger partial charge in [0.2, 0.25) is 0 Å². The molecule has 0 saturated heterocycles. The first kappa shape index (κ1) is 33.3. The van der Waals surface area contributed by atoms with E-state index in [9.17, 15) is 9.59 Å². The average Bonchev–Trinajstić information content (AvgIpc) is 3.31. The van der Waals surface area contributed by atoms with E-state index < -0.39 is 12.0 Å². The molecule has 0 spiro atoms. The van der Waals surface area contributed by atoms with Gasteiger partial charge >= 0.3 is 5.97 Å². The predicted molar refractivity (Wildman–Crippen MR) is 184 cm³/mol. The second-order valence-electron chi connectivity index (χ2n) is 10.7. The largest absolute Gasteiger partial charge is 0.490 e. The lowest BCUT2D eigenvalue weighted by atomic mass is 9.95. The molecule has 5 rings (SSSR count). The third-order valence-electron chi connectivity index (χ3n) is 7.41. The average molecular weight is 678 g/mol. The van der Waals surface area contributed by atoms with E-state index in [0.717, 1.165) is 27.8 Å². The van der Waals surface area contributed by atoms with E-state index >= 15 is 0 Å². The lowest BCUT2D eigenvalue weighted by Gasteiger charge is -2.24. The van der Waals surface area contributed by atoms with E-state index in [1.54, 1.807) is 36.6 Å². The number of thiazole rings is 1. The van der Waals surface area contributed by atoms with Crippen LogP contribution in [-0.2, 0) is 22.6 Å². The van der Waals surface area contributed by atoms with Crippen molar-refractivity contribution in [2.45, 2.75) is 46.8 Å². The quantitative estimate of drug-likeness (QED) is 0.125. The van der Waals surface area contributed by atoms with Crippen LogP contribution in [0.1, 0.15) is 54.6 Å². The summed E-state index contributed by atoms with van der Waals surface area (Å²) >= 11 is 13.7. The molecule has 1 aliphatic heterocycles. The van der Waals surface area contributed by atoms with Gasteiger partial charge in [0.15, 0.2) is 16.3 Å². The molecule has 1 aliphatic rings. The maximum Gasteiger partial charge on any atom is 0.338 e. The van der Waals surface area contributed by atoms with Gasteiger partial charge in [0, 0.05) is 21.2 Å². The first-order valence-electron chi connectivity index (χ1n) is 14.9. The summed E-state index contributed by atoms with van der Waals surface area (Å²) in [4.78, 5) is 32.5. The number of hydrogen-bond donors (Lipinski definition) is 0. The van der Waals surface area contributed by atoms with Crippen LogP contribution in [-0.4, -0.2) is 23.8 Å². The minimum Gasteiger partial charge on any atom is -0.490 e. The van der Waals surface area contributed by atoms with Gasteiger partial charge in [-0.1, -0.05) is 76.5 Å². The van der Waals surface area contributed by atoms with E-state index in [-0.39, 0.29) is 18.8 Å². The summed E-state index contributed by atoms with van der Waals surface area (Å²) in [5, 5.41) is 1.05. The Morgan fingerprint density at radius 3 is 2.46 bits per heavy atom. The highest BCUT2D eigenvalue weighted by atomic mass is 35.5. The number of aromatic nitrogens is 1. The van der Waals surface area contributed by atoms with Gasteiger partial charge in [-0.3, -0.25) is 9.36 Å². The first-order valence-corrected chi connectivity index (χ1v) is 16.5. The van der Waals surface area contributed by atoms with Gasteiger partial charge in [0.05, 0.1) is 35.1 Å². The molecule has 1 aromatic heterocycles. The molecule has 4 aromatic rings. The fourth-order valence-corrected chi connectivity index (χ4v) is 6.81. The Bertz CT molecular complexity index is 2010. The zero-order valence-electron chi connectivity index (χ0n) is 26.1. The molecule has 1 atom stereocenters. The summed E-state index contributed by atoms with van der Waals surface area (Å²) in [6.07, 6.45) is 4.10. The highest BCUT2D eigenvalue weighted by molar-refractivity contribution is 7.07. The van der Waals surface area contributed by atoms with Crippen molar-refractivity contribution in [2.75, 3.05) is 13.2 Å². The van der Waals surface area contributed by atoms with Crippen molar-refractivity contribution in [1.82, 2.24) is 4.57 Å². The summed E-state index contributed by atoms with van der Waals surface area (Å²) in [7, 11) is 0. The lowest BCUT2D eigenvalue weighted by molar-refractivity contribution is -0.139. The Morgan fingerprint density at radius 2 is 1.78 bits per heavy atom. The van der Waals surface area contributed by atoms with Crippen molar-refractivity contribution in [2.24, 2.45) is 4.99 Å². The Hall–Kier alpha value is -4.11. The van der Waals surface area contributed by atoms with Crippen LogP contribution in [0.15, 0.2) is 88.3 Å². The fourth-order valence-electron chi connectivity index (χ4n) is 5.30. The number of halogens is 2. The van der Waals surface area contributed by atoms with Gasteiger partial charge in [0.25, 0.3) is 5.56 Å². The maximum absolute atomic E-state index is 14.1. The number of fused-ring (bicyclic) bond motifs is 1. The molecule has 0 aliphatic carbocycles. The molecule has 0 unspecified atom stereocenters. The van der Waals surface area contributed by atoms with Crippen LogP contribution in [0, 0.1) is 6.92 Å². The molecule has 0 amide bonds. The number of ether oxygens (including phenoxy) is 3. The molecular formula is C36H34Cl2N2O5S. The normalized spacial score (nSPS) is 14.5. The Labute approximate surface area is 281 Å². The predicted octanol–water partition coefficient (Wildman–Crippen LogP) is 7.12. The second kappa shape index (κ2) is 14.5. The molecule has 0 N–H and O–H groups in total. The minimum atomic E-state index is -0.677. The molecule has 46 heavy (non-hydrogen) atoms. The summed E-state index contributed by atoms with van der Waals surface area (Å²) in [6.45, 7) is 12.2. The number of allylic oxidation sites excluding steroid dienone is 2. The molecule has 2 heterocycles. The van der Waals surface area contributed by atoms with Gasteiger partial charge in [-0.05, 0) is 75.6 Å². The second-order valence-corrected chi connectivity index (χ2v) is 12.5. The zero-order chi connectivity index (χ0) is 33.0. The van der Waals surface area contributed by atoms with Crippen LogP contribution < -0.4 is 24.4 Å². The zero-order valence-corrected chi connectivity index (χ0v) is 28.4. The molecule has 238 valence electrons. The topological polar surface area (TPSA) is 79.1 Å². The summed E-state index contributed by atoms with van der Waals surface area (Å²) in [5.41, 5.74) is 4.83. The number of carbonyl (C=O) groups is 1. The SMILES string of the molecule is C=CCc1cc(/C=c2/sc3n(c2=O)[C@@H](c2ccc(C)cc2)C(C(=O)OCC)=C(C)N=3)cc(OCC)c1OCc1ccc(Cl)cc1Cl. The number of rotatable bonds is 11. The van der Waals surface area contributed by atoms with Gasteiger partial charge in [0.1, 0.15) is 6.61 Å². The molecule has 0 bridgehead atoms. The van der Waals surface area contributed by atoms with Crippen molar-refractivity contribution in [3.63, 3.8) is 0 Å². The number of hydrogen-bond acceptors (Lipinski definition) is 7. The van der Waals surface area contributed by atoms with Crippen molar-refractivity contribution in [3.8, 4) is 11.5 Å². The molecule has 0 saturated carbocycles. The van der Waals surface area contributed by atoms with Gasteiger partial charge in [-0.25, -0.2) is 9.79 Å². The van der Waals surface area contributed by atoms with Crippen molar-refractivity contribution >= 4 is 46.6 Å². The fraction of sp³-hybridized carbons (Fsp3) is 0.250. The molecule has 10 heteroatoms. The van der Waals surface area contributed by atoms with Crippen LogP contribution in [0.3, 0.4) is 0 Å². The number of esters is 1. The monoisotopic (exact) mass is 676 g/mol. The molecule has 3 aromatic carbocycles. The van der Waals surface area contributed by atoms with Gasteiger partial charge < -0.3 is 14.2 Å². The Kier molecular flexibility index (Phi) is 10.5. The van der Waals surface area contributed by atoms with Crippen molar-refractivity contribution < 1.29 is 19.0 Å². The number of carbonyl (C=O) groups excluding carboxylic acids is 1. The van der Waals surface area contributed by atoms with Crippen molar-refractivity contribution in [1.29, 1.82) is 0 Å². The molecular weight excluding hydrogens is 643 g/mol. The standard InChI is InChI=1S/C36H34Cl2N2O5S/c1-6-9-25-16-23(17-29(43-7-2)33(25)45-20-26-14-15-27(37)19-28(26)38)18-30-34(41)40-32(24-12-10-21(4)11-13-24)31(35(42)44-8-3)22(5)39-36(40)46-30/h6,10-19,32H,1,7-9,20H2,2-5H3/b30-18+/t32-/m0/s1. The highest BCUT2D eigenvalue weighted by Crippen LogP contribution is 2.36. The van der Waals surface area contributed by atoms with E-state index in [4.69, 9.17) is 37.4 Å². The number of aryl methyl sites for hydroxylation is 1. The van der Waals surface area contributed by atoms with Crippen LogP contribution >= 0.6 is 34.5 Å². The van der Waals surface area contributed by atoms with Gasteiger partial charge in [-0.15, -0.1) is 6.58 Å². The smallest absolute Gasteiger partial charge is 0.338 e. The summed E-state index contributed by atoms with van der Waals surface area (Å²) in [6, 6.07) is 16.2. The van der Waals surface area contributed by atoms with Crippen LogP contribution in [0.25, 0.3) is 6.08 Å². The maximum atomic E-state index is 14.1. The Morgan fingerprint density at radius 1 is 1.02 bits per heavy atom. The lowest BCUT2D eigenvalue weighted by Crippen LogP contribution is -2.39. The van der Waals surface area contributed by atoms with E-state index in [0.29, 0.717) is 55.2 Å². The third kappa shape index (κ3) is 6.99. The third-order valence-corrected chi connectivity index (χ3v) is 8.98. The van der Waals surface area contributed by atoms with Crippen LogP contribution in [0.4, 0.5) is 0 Å².